The van der Waals surface area contributed by atoms with Gasteiger partial charge in [-0.05, 0) is 12.8 Å². The van der Waals surface area contributed by atoms with Crippen LogP contribution in [0.5, 0.6) is 0 Å². The number of amides is 3. The lowest BCUT2D eigenvalue weighted by Gasteiger charge is -2.13. The van der Waals surface area contributed by atoms with Crippen LogP contribution >= 0.6 is 11.6 Å². The summed E-state index contributed by atoms with van der Waals surface area (Å²) in [6.07, 6.45) is 2.75. The number of hydrogen-bond acceptors (Lipinski definition) is 2. The van der Waals surface area contributed by atoms with Crippen LogP contribution in [0.2, 0.25) is 0 Å². The second-order valence-corrected chi connectivity index (χ2v) is 3.81. The fourth-order valence-electron chi connectivity index (χ4n) is 1.43. The molecule has 80 valence electrons. The monoisotopic (exact) mass is 218 g/mol. The third-order valence-electron chi connectivity index (χ3n) is 2.25. The normalized spacial score (nSPS) is 17.0. The van der Waals surface area contributed by atoms with Gasteiger partial charge in [0.05, 0.1) is 0 Å². The molecule has 0 N–H and O–H groups in total. The molecule has 0 aromatic carbocycles. The van der Waals surface area contributed by atoms with E-state index in [2.05, 4.69) is 0 Å². The highest BCUT2D eigenvalue weighted by atomic mass is 35.5. The number of carbonyl (C=O) groups excluding carboxylic acids is 2. The maximum absolute atomic E-state index is 11.4. The van der Waals surface area contributed by atoms with E-state index in [0.29, 0.717) is 12.4 Å². The number of likely N-dealkylation sites (N-methyl/N-ethyl adjacent to an activating group) is 1. The van der Waals surface area contributed by atoms with Gasteiger partial charge in [-0.25, -0.2) is 4.79 Å². The minimum Gasteiger partial charge on any atom is -0.318 e. The zero-order chi connectivity index (χ0) is 10.6. The first-order valence-electron chi connectivity index (χ1n) is 4.78. The number of hydrogen-bond donors (Lipinski definition) is 0. The second kappa shape index (κ2) is 5.20. The number of halogens is 1. The lowest BCUT2D eigenvalue weighted by Crippen LogP contribution is -2.32. The number of rotatable bonds is 5. The fraction of sp³-hybridized carbons (Fsp3) is 0.778. The van der Waals surface area contributed by atoms with Gasteiger partial charge in [0.2, 0.25) is 5.91 Å². The maximum atomic E-state index is 11.4. The van der Waals surface area contributed by atoms with Crippen LogP contribution in [-0.4, -0.2) is 47.8 Å². The number of carbonyl (C=O) groups is 2. The summed E-state index contributed by atoms with van der Waals surface area (Å²) in [5, 5.41) is 0. The molecule has 0 saturated carbocycles. The summed E-state index contributed by atoms with van der Waals surface area (Å²) < 4.78 is 0. The molecule has 0 aliphatic carbocycles. The predicted molar refractivity (Wildman–Crippen MR) is 54.3 cm³/mol. The highest BCUT2D eigenvalue weighted by Gasteiger charge is 2.32. The molecule has 0 spiro atoms. The molecule has 5 heteroatoms. The summed E-state index contributed by atoms with van der Waals surface area (Å²) in [4.78, 5) is 25.4. The van der Waals surface area contributed by atoms with Gasteiger partial charge in [-0.2, -0.15) is 0 Å². The number of urea groups is 1. The van der Waals surface area contributed by atoms with Crippen LogP contribution in [0.1, 0.15) is 19.3 Å². The van der Waals surface area contributed by atoms with E-state index in [0.717, 1.165) is 19.3 Å². The summed E-state index contributed by atoms with van der Waals surface area (Å²) >= 11 is 5.52. The molecule has 0 radical (unpaired) electrons. The van der Waals surface area contributed by atoms with Gasteiger partial charge in [-0.3, -0.25) is 9.69 Å². The minimum absolute atomic E-state index is 0.0941. The number of imide groups is 1. The summed E-state index contributed by atoms with van der Waals surface area (Å²) in [5.41, 5.74) is 0. The Hall–Kier alpha value is -0.770. The number of alkyl halides is 1. The SMILES string of the molecule is CN1CC(=O)N(CCCCCCl)C1=O. The van der Waals surface area contributed by atoms with E-state index in [1.165, 1.54) is 9.80 Å². The van der Waals surface area contributed by atoms with E-state index >= 15 is 0 Å². The molecule has 0 aromatic rings. The summed E-state index contributed by atoms with van der Waals surface area (Å²) in [6, 6.07) is -0.180. The Morgan fingerprint density at radius 2 is 2.00 bits per heavy atom. The molecule has 1 aliphatic rings. The highest BCUT2D eigenvalue weighted by molar-refractivity contribution is 6.17. The third-order valence-corrected chi connectivity index (χ3v) is 2.51. The van der Waals surface area contributed by atoms with E-state index in [1.807, 2.05) is 0 Å². The van der Waals surface area contributed by atoms with Crippen LogP contribution < -0.4 is 0 Å². The quantitative estimate of drug-likeness (QED) is 0.396. The Balaban J connectivity index is 2.30. The molecule has 1 saturated heterocycles. The zero-order valence-corrected chi connectivity index (χ0v) is 9.09. The zero-order valence-electron chi connectivity index (χ0n) is 8.33. The first-order chi connectivity index (χ1) is 6.66. The molecule has 0 aromatic heterocycles. The van der Waals surface area contributed by atoms with Gasteiger partial charge in [0.15, 0.2) is 0 Å². The maximum Gasteiger partial charge on any atom is 0.326 e. The van der Waals surface area contributed by atoms with Crippen molar-refractivity contribution < 1.29 is 9.59 Å². The van der Waals surface area contributed by atoms with Crippen molar-refractivity contribution in [1.29, 1.82) is 0 Å². The molecule has 14 heavy (non-hydrogen) atoms. The van der Waals surface area contributed by atoms with Crippen molar-refractivity contribution in [3.05, 3.63) is 0 Å². The molecule has 1 rings (SSSR count). The van der Waals surface area contributed by atoms with Crippen molar-refractivity contribution in [3.63, 3.8) is 0 Å². The Morgan fingerprint density at radius 1 is 1.29 bits per heavy atom. The number of unbranched alkanes of at least 4 members (excludes halogenated alkanes) is 2. The van der Waals surface area contributed by atoms with Crippen LogP contribution in [0.15, 0.2) is 0 Å². The standard InChI is InChI=1S/C9H15ClN2O2/c1-11-7-8(13)12(9(11)14)6-4-2-3-5-10/h2-7H2,1H3. The van der Waals surface area contributed by atoms with Gasteiger partial charge >= 0.3 is 6.03 Å². The van der Waals surface area contributed by atoms with Crippen LogP contribution in [0.3, 0.4) is 0 Å². The molecule has 1 aliphatic heterocycles. The fourth-order valence-corrected chi connectivity index (χ4v) is 1.62. The first-order valence-corrected chi connectivity index (χ1v) is 5.31. The van der Waals surface area contributed by atoms with Gasteiger partial charge in [0.25, 0.3) is 0 Å². The molecule has 1 heterocycles. The molecule has 3 amide bonds. The van der Waals surface area contributed by atoms with E-state index in [1.54, 1.807) is 7.05 Å². The van der Waals surface area contributed by atoms with Gasteiger partial charge < -0.3 is 4.90 Å². The summed E-state index contributed by atoms with van der Waals surface area (Å²) in [7, 11) is 1.64. The molecule has 0 bridgehead atoms. The van der Waals surface area contributed by atoms with Gasteiger partial charge in [-0.15, -0.1) is 11.6 Å². The Morgan fingerprint density at radius 3 is 2.50 bits per heavy atom. The van der Waals surface area contributed by atoms with Crippen molar-refractivity contribution in [2.24, 2.45) is 0 Å². The predicted octanol–water partition coefficient (Wildman–Crippen LogP) is 1.29. The van der Waals surface area contributed by atoms with Gasteiger partial charge in [0, 0.05) is 19.5 Å². The highest BCUT2D eigenvalue weighted by Crippen LogP contribution is 2.09. The lowest BCUT2D eigenvalue weighted by atomic mass is 10.2. The Labute approximate surface area is 88.8 Å². The van der Waals surface area contributed by atoms with Crippen LogP contribution in [0.25, 0.3) is 0 Å². The average molecular weight is 219 g/mol. The molecule has 1 fully saturated rings. The van der Waals surface area contributed by atoms with Gasteiger partial charge in [0.1, 0.15) is 6.54 Å². The van der Waals surface area contributed by atoms with E-state index in [9.17, 15) is 9.59 Å². The molecule has 4 nitrogen and oxygen atoms in total. The molecule has 0 unspecified atom stereocenters. The first kappa shape index (κ1) is 11.3. The van der Waals surface area contributed by atoms with E-state index in [4.69, 9.17) is 11.6 Å². The summed E-state index contributed by atoms with van der Waals surface area (Å²) in [5.74, 6) is 0.547. The topological polar surface area (TPSA) is 40.6 Å². The van der Waals surface area contributed by atoms with Gasteiger partial charge in [-0.1, -0.05) is 6.42 Å². The summed E-state index contributed by atoms with van der Waals surface area (Å²) in [6.45, 7) is 0.743. The molecular formula is C9H15ClN2O2. The number of nitrogens with zero attached hydrogens (tertiary/aromatic N) is 2. The van der Waals surface area contributed by atoms with Crippen LogP contribution in [-0.2, 0) is 4.79 Å². The van der Waals surface area contributed by atoms with Crippen molar-refractivity contribution in [1.82, 2.24) is 9.80 Å². The van der Waals surface area contributed by atoms with Crippen molar-refractivity contribution >= 4 is 23.5 Å². The average Bonchev–Trinajstić information content (AvgIpc) is 2.38. The Bertz CT molecular complexity index is 233. The lowest BCUT2D eigenvalue weighted by molar-refractivity contribution is -0.125. The van der Waals surface area contributed by atoms with Crippen LogP contribution in [0, 0.1) is 0 Å². The Kier molecular flexibility index (Phi) is 4.20. The molecular weight excluding hydrogens is 204 g/mol. The van der Waals surface area contributed by atoms with Crippen molar-refractivity contribution in [2.45, 2.75) is 19.3 Å². The van der Waals surface area contributed by atoms with Crippen LogP contribution in [0.4, 0.5) is 4.79 Å². The third kappa shape index (κ3) is 2.61. The van der Waals surface area contributed by atoms with Crippen molar-refractivity contribution in [2.75, 3.05) is 26.0 Å². The molecule has 0 atom stereocenters. The van der Waals surface area contributed by atoms with E-state index in [-0.39, 0.29) is 18.5 Å². The largest absolute Gasteiger partial charge is 0.326 e. The van der Waals surface area contributed by atoms with Crippen molar-refractivity contribution in [3.8, 4) is 0 Å². The minimum atomic E-state index is -0.180. The second-order valence-electron chi connectivity index (χ2n) is 3.43. The van der Waals surface area contributed by atoms with E-state index < -0.39 is 0 Å². The smallest absolute Gasteiger partial charge is 0.318 e.